The average Bonchev–Trinajstić information content (AvgIpc) is 3.10. The van der Waals surface area contributed by atoms with Crippen LogP contribution in [0.2, 0.25) is 0 Å². The average molecular weight is 258 g/mol. The SMILES string of the molecule is Cc1ccn(Cc2ccc(CNC3CC3)o2)c(=O)c1. The zero-order valence-corrected chi connectivity index (χ0v) is 11.1. The summed E-state index contributed by atoms with van der Waals surface area (Å²) in [7, 11) is 0. The van der Waals surface area contributed by atoms with E-state index in [0.717, 1.165) is 23.6 Å². The Morgan fingerprint density at radius 2 is 2.11 bits per heavy atom. The lowest BCUT2D eigenvalue weighted by molar-refractivity contribution is 0.435. The van der Waals surface area contributed by atoms with Crippen LogP contribution in [0, 0.1) is 6.92 Å². The molecule has 3 rings (SSSR count). The number of nitrogens with one attached hydrogen (secondary N) is 1. The largest absolute Gasteiger partial charge is 0.463 e. The summed E-state index contributed by atoms with van der Waals surface area (Å²) in [6.07, 6.45) is 4.35. The summed E-state index contributed by atoms with van der Waals surface area (Å²) in [5.41, 5.74) is 0.990. The number of rotatable bonds is 5. The molecule has 4 nitrogen and oxygen atoms in total. The van der Waals surface area contributed by atoms with Gasteiger partial charge in [-0.2, -0.15) is 0 Å². The summed E-state index contributed by atoms with van der Waals surface area (Å²) >= 11 is 0. The number of hydrogen-bond donors (Lipinski definition) is 1. The third kappa shape index (κ3) is 3.15. The van der Waals surface area contributed by atoms with Gasteiger partial charge in [-0.05, 0) is 43.5 Å². The van der Waals surface area contributed by atoms with Crippen LogP contribution in [-0.4, -0.2) is 10.6 Å². The number of hydrogen-bond acceptors (Lipinski definition) is 3. The molecule has 19 heavy (non-hydrogen) atoms. The lowest BCUT2D eigenvalue weighted by atomic mass is 10.3. The second-order valence-electron chi connectivity index (χ2n) is 5.19. The van der Waals surface area contributed by atoms with Gasteiger partial charge in [0.05, 0.1) is 13.1 Å². The minimum absolute atomic E-state index is 0.00838. The quantitative estimate of drug-likeness (QED) is 0.893. The number of nitrogens with zero attached hydrogens (tertiary/aromatic N) is 1. The first-order chi connectivity index (χ1) is 9.20. The summed E-state index contributed by atoms with van der Waals surface area (Å²) in [5.74, 6) is 1.75. The maximum absolute atomic E-state index is 11.8. The molecule has 1 aliphatic rings. The molecule has 0 atom stereocenters. The van der Waals surface area contributed by atoms with Gasteiger partial charge in [-0.15, -0.1) is 0 Å². The summed E-state index contributed by atoms with van der Waals surface area (Å²) in [5, 5.41) is 3.41. The van der Waals surface area contributed by atoms with Gasteiger partial charge in [0.2, 0.25) is 0 Å². The van der Waals surface area contributed by atoms with E-state index in [1.165, 1.54) is 12.8 Å². The van der Waals surface area contributed by atoms with Crippen molar-refractivity contribution in [2.75, 3.05) is 0 Å². The molecule has 1 fully saturated rings. The summed E-state index contributed by atoms with van der Waals surface area (Å²) < 4.78 is 7.39. The Bertz CT molecular complexity index is 623. The second-order valence-corrected chi connectivity index (χ2v) is 5.19. The molecular formula is C15H18N2O2. The maximum atomic E-state index is 11.8. The second kappa shape index (κ2) is 5.05. The molecular weight excluding hydrogens is 240 g/mol. The van der Waals surface area contributed by atoms with Crippen LogP contribution in [0.1, 0.15) is 29.9 Å². The minimum Gasteiger partial charge on any atom is -0.463 e. The molecule has 4 heteroatoms. The van der Waals surface area contributed by atoms with E-state index < -0.39 is 0 Å². The standard InChI is InChI=1S/C15H18N2O2/c1-11-6-7-17(15(18)8-11)10-14-5-4-13(19-14)9-16-12-2-3-12/h4-8,12,16H,2-3,9-10H2,1H3. The molecule has 100 valence electrons. The fraction of sp³-hybridized carbons (Fsp3) is 0.400. The highest BCUT2D eigenvalue weighted by Gasteiger charge is 2.20. The predicted molar refractivity (Wildman–Crippen MR) is 73.1 cm³/mol. The van der Waals surface area contributed by atoms with Gasteiger partial charge in [0.25, 0.3) is 5.56 Å². The number of aromatic nitrogens is 1. The Morgan fingerprint density at radius 3 is 2.84 bits per heavy atom. The molecule has 0 aliphatic heterocycles. The first-order valence-corrected chi connectivity index (χ1v) is 6.69. The zero-order valence-electron chi connectivity index (χ0n) is 11.1. The molecule has 0 spiro atoms. The normalized spacial score (nSPS) is 14.8. The van der Waals surface area contributed by atoms with Gasteiger partial charge in [-0.3, -0.25) is 4.79 Å². The van der Waals surface area contributed by atoms with Crippen LogP contribution in [0.4, 0.5) is 0 Å². The van der Waals surface area contributed by atoms with Gasteiger partial charge < -0.3 is 14.3 Å². The molecule has 0 saturated heterocycles. The zero-order chi connectivity index (χ0) is 13.2. The Balaban J connectivity index is 1.66. The fourth-order valence-corrected chi connectivity index (χ4v) is 2.04. The van der Waals surface area contributed by atoms with E-state index in [0.29, 0.717) is 12.6 Å². The van der Waals surface area contributed by atoms with Gasteiger partial charge in [0.15, 0.2) is 0 Å². The highest BCUT2D eigenvalue weighted by Crippen LogP contribution is 2.19. The minimum atomic E-state index is 0.00838. The Labute approximate surface area is 112 Å². The van der Waals surface area contributed by atoms with Crippen molar-refractivity contribution in [1.82, 2.24) is 9.88 Å². The number of pyridine rings is 1. The Morgan fingerprint density at radius 1 is 1.32 bits per heavy atom. The first kappa shape index (κ1) is 12.2. The van der Waals surface area contributed by atoms with Crippen molar-refractivity contribution in [2.45, 2.75) is 38.9 Å². The monoisotopic (exact) mass is 258 g/mol. The van der Waals surface area contributed by atoms with Crippen molar-refractivity contribution < 1.29 is 4.42 Å². The van der Waals surface area contributed by atoms with E-state index in [4.69, 9.17) is 4.42 Å². The molecule has 1 saturated carbocycles. The van der Waals surface area contributed by atoms with Crippen LogP contribution in [0.3, 0.4) is 0 Å². The predicted octanol–water partition coefficient (Wildman–Crippen LogP) is 2.05. The molecule has 2 aromatic heterocycles. The summed E-state index contributed by atoms with van der Waals surface area (Å²) in [4.78, 5) is 11.8. The third-order valence-corrected chi connectivity index (χ3v) is 3.34. The fourth-order valence-electron chi connectivity index (χ4n) is 2.04. The Hall–Kier alpha value is -1.81. The van der Waals surface area contributed by atoms with Crippen molar-refractivity contribution in [1.29, 1.82) is 0 Å². The first-order valence-electron chi connectivity index (χ1n) is 6.69. The van der Waals surface area contributed by atoms with Crippen LogP contribution >= 0.6 is 0 Å². The third-order valence-electron chi connectivity index (χ3n) is 3.34. The summed E-state index contributed by atoms with van der Waals surface area (Å²) in [6.45, 7) is 3.18. The van der Waals surface area contributed by atoms with Gasteiger partial charge in [-0.25, -0.2) is 0 Å². The van der Waals surface area contributed by atoms with Crippen LogP contribution in [0.15, 0.2) is 39.7 Å². The van der Waals surface area contributed by atoms with E-state index in [1.807, 2.05) is 31.3 Å². The Kier molecular flexibility index (Phi) is 3.25. The smallest absolute Gasteiger partial charge is 0.251 e. The molecule has 1 N–H and O–H groups in total. The molecule has 0 aromatic carbocycles. The van der Waals surface area contributed by atoms with E-state index in [2.05, 4.69) is 5.32 Å². The van der Waals surface area contributed by atoms with Crippen molar-refractivity contribution in [3.05, 3.63) is 57.9 Å². The molecule has 1 aliphatic carbocycles. The molecule has 0 bridgehead atoms. The van der Waals surface area contributed by atoms with Crippen molar-refractivity contribution in [3.8, 4) is 0 Å². The van der Waals surface area contributed by atoms with Gasteiger partial charge in [0.1, 0.15) is 11.5 Å². The molecule has 2 aromatic rings. The van der Waals surface area contributed by atoms with Crippen molar-refractivity contribution in [3.63, 3.8) is 0 Å². The van der Waals surface area contributed by atoms with Crippen LogP contribution < -0.4 is 10.9 Å². The van der Waals surface area contributed by atoms with E-state index in [-0.39, 0.29) is 5.56 Å². The molecule has 0 unspecified atom stereocenters. The highest BCUT2D eigenvalue weighted by atomic mass is 16.3. The van der Waals surface area contributed by atoms with Crippen LogP contribution in [0.5, 0.6) is 0 Å². The summed E-state index contributed by atoms with van der Waals surface area (Å²) in [6, 6.07) is 8.16. The van der Waals surface area contributed by atoms with Crippen molar-refractivity contribution in [2.24, 2.45) is 0 Å². The van der Waals surface area contributed by atoms with E-state index in [1.54, 1.807) is 10.6 Å². The van der Waals surface area contributed by atoms with Gasteiger partial charge >= 0.3 is 0 Å². The number of aryl methyl sites for hydroxylation is 1. The van der Waals surface area contributed by atoms with Gasteiger partial charge in [0, 0.05) is 18.3 Å². The van der Waals surface area contributed by atoms with Gasteiger partial charge in [-0.1, -0.05) is 0 Å². The van der Waals surface area contributed by atoms with Crippen molar-refractivity contribution >= 4 is 0 Å². The molecule has 0 amide bonds. The highest BCUT2D eigenvalue weighted by molar-refractivity contribution is 5.11. The van der Waals surface area contributed by atoms with Crippen LogP contribution in [-0.2, 0) is 13.1 Å². The van der Waals surface area contributed by atoms with Crippen LogP contribution in [0.25, 0.3) is 0 Å². The topological polar surface area (TPSA) is 47.2 Å². The number of furan rings is 1. The lowest BCUT2D eigenvalue weighted by Crippen LogP contribution is -2.19. The van der Waals surface area contributed by atoms with E-state index in [9.17, 15) is 4.79 Å². The maximum Gasteiger partial charge on any atom is 0.251 e. The molecule has 2 heterocycles. The molecule has 0 radical (unpaired) electrons. The lowest BCUT2D eigenvalue weighted by Gasteiger charge is -2.03. The van der Waals surface area contributed by atoms with E-state index >= 15 is 0 Å².